The van der Waals surface area contributed by atoms with Crippen LogP contribution < -0.4 is 14.4 Å². The molecule has 0 unspecified atom stereocenters. The molecule has 1 aromatic carbocycles. The topological polar surface area (TPSA) is 109 Å². The maximum Gasteiger partial charge on any atom is 0.574 e. The number of benzene rings is 1. The van der Waals surface area contributed by atoms with Crippen LogP contribution >= 0.6 is 0 Å². The molecule has 1 atom stereocenters. The number of halogens is 3. The van der Waals surface area contributed by atoms with Crippen molar-refractivity contribution in [1.29, 1.82) is 0 Å². The van der Waals surface area contributed by atoms with Gasteiger partial charge in [0.25, 0.3) is 5.91 Å². The van der Waals surface area contributed by atoms with Crippen molar-refractivity contribution in [2.45, 2.75) is 56.1 Å². The number of alkyl halides is 3. The summed E-state index contributed by atoms with van der Waals surface area (Å²) in [5.41, 5.74) is 0.132. The Kier molecular flexibility index (Phi) is 5.18. The second kappa shape index (κ2) is 7.68. The van der Waals surface area contributed by atoms with E-state index in [-0.39, 0.29) is 34.6 Å². The molecule has 1 saturated carbocycles. The summed E-state index contributed by atoms with van der Waals surface area (Å²) in [4.78, 5) is 20.9. The van der Waals surface area contributed by atoms with Crippen LogP contribution in [-0.2, 0) is 23.6 Å². The van der Waals surface area contributed by atoms with Gasteiger partial charge in [-0.05, 0) is 44.9 Å². The first-order valence-electron chi connectivity index (χ1n) is 10.9. The number of hydrogen-bond donors (Lipinski definition) is 1. The molecule has 35 heavy (non-hydrogen) atoms. The van der Waals surface area contributed by atoms with Crippen LogP contribution in [0.15, 0.2) is 34.3 Å². The Bertz CT molecular complexity index is 1350. The summed E-state index contributed by atoms with van der Waals surface area (Å²) in [5, 5.41) is 3.71. The molecule has 0 radical (unpaired) electrons. The van der Waals surface area contributed by atoms with Gasteiger partial charge in [0.05, 0.1) is 40.8 Å². The molecule has 3 aliphatic rings. The van der Waals surface area contributed by atoms with Gasteiger partial charge in [0.2, 0.25) is 21.9 Å². The van der Waals surface area contributed by atoms with Crippen LogP contribution in [0.1, 0.15) is 42.6 Å². The monoisotopic (exact) mass is 512 g/mol. The van der Waals surface area contributed by atoms with E-state index in [1.54, 1.807) is 17.9 Å². The minimum Gasteiger partial charge on any atom is -0.386 e. The Hall–Kier alpha value is -3.13. The van der Waals surface area contributed by atoms with Crippen LogP contribution in [-0.4, -0.2) is 59.5 Å². The molecule has 2 aromatic rings. The van der Waals surface area contributed by atoms with Gasteiger partial charge in [-0.1, -0.05) is 0 Å². The fourth-order valence-electron chi connectivity index (χ4n) is 4.24. The van der Waals surface area contributed by atoms with Crippen LogP contribution in [0.3, 0.4) is 0 Å². The number of aliphatic imine (C=N–C) groups is 1. The van der Waals surface area contributed by atoms with Crippen LogP contribution in [0.2, 0.25) is 0 Å². The number of ether oxygens (including phenoxy) is 1. The second-order valence-electron chi connectivity index (χ2n) is 9.28. The molecule has 1 fully saturated rings. The lowest BCUT2D eigenvalue weighted by molar-refractivity contribution is -0.276. The molecule has 0 bridgehead atoms. The minimum absolute atomic E-state index is 0.0240. The van der Waals surface area contributed by atoms with Crippen molar-refractivity contribution >= 4 is 27.6 Å². The fourth-order valence-corrected chi connectivity index (χ4v) is 5.73. The first-order chi connectivity index (χ1) is 16.3. The number of sulfonamides is 1. The summed E-state index contributed by atoms with van der Waals surface area (Å²) >= 11 is 0. The first kappa shape index (κ1) is 23.6. The molecule has 0 spiro atoms. The van der Waals surface area contributed by atoms with E-state index in [1.165, 1.54) is 30.3 Å². The van der Waals surface area contributed by atoms with E-state index >= 15 is 0 Å². The Morgan fingerprint density at radius 1 is 1.29 bits per heavy atom. The second-order valence-corrected chi connectivity index (χ2v) is 11.0. The summed E-state index contributed by atoms with van der Waals surface area (Å²) in [6.07, 6.45) is -2.18. The third kappa shape index (κ3) is 4.35. The highest BCUT2D eigenvalue weighted by molar-refractivity contribution is 7.89. The Morgan fingerprint density at radius 3 is 2.66 bits per heavy atom. The lowest BCUT2D eigenvalue weighted by Gasteiger charge is -2.38. The molecule has 188 valence electrons. The lowest BCUT2D eigenvalue weighted by atomic mass is 10.1. The zero-order valence-corrected chi connectivity index (χ0v) is 19.9. The van der Waals surface area contributed by atoms with Crippen LogP contribution in [0.4, 0.5) is 18.9 Å². The number of carbonyl (C=O) groups is 1. The zero-order chi connectivity index (χ0) is 25.3. The number of nitrogens with zero attached hydrogens (tertiary/aromatic N) is 5. The molecule has 2 aliphatic heterocycles. The van der Waals surface area contributed by atoms with E-state index in [0.717, 1.165) is 17.5 Å². The average molecular weight is 513 g/mol. The third-order valence-electron chi connectivity index (χ3n) is 6.20. The van der Waals surface area contributed by atoms with Crippen molar-refractivity contribution in [2.75, 3.05) is 11.4 Å². The van der Waals surface area contributed by atoms with Gasteiger partial charge in [0.15, 0.2) is 0 Å². The molecular formula is C21H23F3N6O4S. The minimum atomic E-state index is -4.96. The van der Waals surface area contributed by atoms with Crippen LogP contribution in [0, 0.1) is 0 Å². The average Bonchev–Trinajstić information content (AvgIpc) is 3.17. The molecule has 14 heteroatoms. The molecule has 1 aromatic heterocycles. The van der Waals surface area contributed by atoms with Gasteiger partial charge < -0.3 is 9.64 Å². The van der Waals surface area contributed by atoms with Crippen molar-refractivity contribution in [3.8, 4) is 5.88 Å². The highest BCUT2D eigenvalue weighted by Crippen LogP contribution is 2.38. The van der Waals surface area contributed by atoms with E-state index in [4.69, 9.17) is 0 Å². The highest BCUT2D eigenvalue weighted by Gasteiger charge is 2.44. The Balaban J connectivity index is 1.53. The molecule has 10 nitrogen and oxygen atoms in total. The van der Waals surface area contributed by atoms with E-state index < -0.39 is 33.7 Å². The quantitative estimate of drug-likeness (QED) is 0.637. The summed E-state index contributed by atoms with van der Waals surface area (Å²) in [6, 6.07) is 4.16. The number of fused-ring (bicyclic) bond motifs is 3. The number of amides is 1. The van der Waals surface area contributed by atoms with Crippen molar-refractivity contribution < 1.29 is 31.1 Å². The van der Waals surface area contributed by atoms with E-state index in [2.05, 4.69) is 19.6 Å². The van der Waals surface area contributed by atoms with Crippen LogP contribution in [0.25, 0.3) is 0 Å². The van der Waals surface area contributed by atoms with Gasteiger partial charge >= 0.3 is 6.36 Å². The Morgan fingerprint density at radius 2 is 2.00 bits per heavy atom. The molecule has 1 amide bonds. The smallest absolute Gasteiger partial charge is 0.386 e. The SMILES string of the molecule is C[C@@H]1CN=C2N(Cc3cn(C)nc3OC(F)(F)F)C(=O)c3cc(S(=O)(=O)NC4(C)CC4)ccc3N21. The van der Waals surface area contributed by atoms with Crippen molar-refractivity contribution in [2.24, 2.45) is 12.0 Å². The van der Waals surface area contributed by atoms with E-state index in [0.29, 0.717) is 12.2 Å². The van der Waals surface area contributed by atoms with E-state index in [9.17, 15) is 26.4 Å². The summed E-state index contributed by atoms with van der Waals surface area (Å²) in [7, 11) is -2.44. The number of anilines is 1. The zero-order valence-electron chi connectivity index (χ0n) is 19.1. The number of hydrogen-bond acceptors (Lipinski definition) is 7. The normalized spacial score (nSPS) is 21.0. The van der Waals surface area contributed by atoms with Crippen molar-refractivity contribution in [3.05, 3.63) is 35.5 Å². The highest BCUT2D eigenvalue weighted by atomic mass is 32.2. The molecule has 0 saturated heterocycles. The van der Waals surface area contributed by atoms with Gasteiger partial charge in [0, 0.05) is 18.8 Å². The van der Waals surface area contributed by atoms with Gasteiger partial charge in [-0.15, -0.1) is 18.3 Å². The molecule has 3 heterocycles. The number of aryl methyl sites for hydroxylation is 1. The first-order valence-corrected chi connectivity index (χ1v) is 12.4. The Labute approximate surface area is 199 Å². The molecule has 1 aliphatic carbocycles. The lowest BCUT2D eigenvalue weighted by Crippen LogP contribution is -2.52. The van der Waals surface area contributed by atoms with Gasteiger partial charge in [-0.2, -0.15) is 0 Å². The maximum absolute atomic E-state index is 13.6. The van der Waals surface area contributed by atoms with E-state index in [1.807, 2.05) is 6.92 Å². The predicted octanol–water partition coefficient (Wildman–Crippen LogP) is 2.37. The largest absolute Gasteiger partial charge is 0.574 e. The fraction of sp³-hybridized carbons (Fsp3) is 0.476. The maximum atomic E-state index is 13.6. The van der Waals surface area contributed by atoms with Crippen molar-refractivity contribution in [3.63, 3.8) is 0 Å². The summed E-state index contributed by atoms with van der Waals surface area (Å²) in [6.45, 7) is 3.75. The standard InChI is InChI=1S/C21H23F3N6O4S/c1-12-9-25-19-29(11-13-10-28(3)26-17(13)34-21(22,23)24)18(31)15-8-14(4-5-16(15)30(12)19)35(32,33)27-20(2)6-7-20/h4-5,8,10,12,27H,6-7,9,11H2,1-3H3/t12-/m1/s1. The summed E-state index contributed by atoms with van der Waals surface area (Å²) in [5.74, 6) is -0.980. The van der Waals surface area contributed by atoms with Gasteiger partial charge in [-0.3, -0.25) is 19.4 Å². The molecular weight excluding hydrogens is 489 g/mol. The molecule has 5 rings (SSSR count). The molecule has 1 N–H and O–H groups in total. The third-order valence-corrected chi connectivity index (χ3v) is 7.83. The number of guanidine groups is 1. The number of aromatic nitrogens is 2. The number of rotatable bonds is 6. The van der Waals surface area contributed by atoms with Crippen LogP contribution in [0.5, 0.6) is 5.88 Å². The van der Waals surface area contributed by atoms with Gasteiger partial charge in [0.1, 0.15) is 0 Å². The van der Waals surface area contributed by atoms with Crippen molar-refractivity contribution in [1.82, 2.24) is 19.4 Å². The number of nitrogens with one attached hydrogen (secondary N) is 1. The van der Waals surface area contributed by atoms with Gasteiger partial charge in [-0.25, -0.2) is 13.1 Å². The number of carbonyl (C=O) groups excluding carboxylic acids is 1. The predicted molar refractivity (Wildman–Crippen MR) is 118 cm³/mol. The summed E-state index contributed by atoms with van der Waals surface area (Å²) < 4.78 is 72.3.